The number of benzene rings is 2. The molecule has 0 aromatic heterocycles. The third-order valence-electron chi connectivity index (χ3n) is 5.93. The van der Waals surface area contributed by atoms with Gasteiger partial charge in [0.05, 0.1) is 11.6 Å². The largest absolute Gasteiger partial charge is 0.430 e. The summed E-state index contributed by atoms with van der Waals surface area (Å²) in [6.07, 6.45) is -5.43. The van der Waals surface area contributed by atoms with Gasteiger partial charge in [-0.2, -0.15) is 13.2 Å². The van der Waals surface area contributed by atoms with E-state index < -0.39 is 40.5 Å². The zero-order chi connectivity index (χ0) is 22.6. The van der Waals surface area contributed by atoms with E-state index in [1.807, 2.05) is 0 Å². The molecule has 4 rings (SSSR count). The van der Waals surface area contributed by atoms with E-state index in [9.17, 15) is 27.9 Å². The first kappa shape index (κ1) is 21.3. The standard InChI is InChI=1S/C24H22F3NO3/c1-22(2)13-17-19(18(29)14-22)23(31,24(25,26)27)21(30)28(17)20(15-9-5-3-6-10-15)16-11-7-4-8-12-16/h3-12,20,31H,13-14H2,1-2H3. The van der Waals surface area contributed by atoms with Crippen LogP contribution < -0.4 is 0 Å². The van der Waals surface area contributed by atoms with E-state index in [0.29, 0.717) is 11.1 Å². The Kier molecular flexibility index (Phi) is 4.85. The van der Waals surface area contributed by atoms with Gasteiger partial charge in [0.1, 0.15) is 0 Å². The zero-order valence-electron chi connectivity index (χ0n) is 17.1. The van der Waals surface area contributed by atoms with Crippen LogP contribution in [0.4, 0.5) is 13.2 Å². The van der Waals surface area contributed by atoms with E-state index >= 15 is 0 Å². The molecule has 4 nitrogen and oxygen atoms in total. The van der Waals surface area contributed by atoms with Crippen molar-refractivity contribution < 1.29 is 27.9 Å². The average molecular weight is 429 g/mol. The number of hydrogen-bond acceptors (Lipinski definition) is 3. The molecular weight excluding hydrogens is 407 g/mol. The molecule has 1 N–H and O–H groups in total. The highest BCUT2D eigenvalue weighted by molar-refractivity contribution is 6.11. The van der Waals surface area contributed by atoms with Gasteiger partial charge in [-0.25, -0.2) is 0 Å². The fourth-order valence-electron chi connectivity index (χ4n) is 4.61. The number of aliphatic hydroxyl groups is 1. The molecule has 1 aliphatic heterocycles. The van der Waals surface area contributed by atoms with Crippen LogP contribution >= 0.6 is 0 Å². The second-order valence-corrected chi connectivity index (χ2v) is 8.87. The summed E-state index contributed by atoms with van der Waals surface area (Å²) in [4.78, 5) is 27.2. The van der Waals surface area contributed by atoms with Gasteiger partial charge in [-0.15, -0.1) is 0 Å². The summed E-state index contributed by atoms with van der Waals surface area (Å²) in [5, 5.41) is 10.8. The van der Waals surface area contributed by atoms with E-state index in [-0.39, 0.29) is 18.5 Å². The second kappa shape index (κ2) is 7.05. The monoisotopic (exact) mass is 429 g/mol. The lowest BCUT2D eigenvalue weighted by Gasteiger charge is -2.36. The molecule has 7 heteroatoms. The van der Waals surface area contributed by atoms with Crippen molar-refractivity contribution in [2.45, 2.75) is 44.5 Å². The van der Waals surface area contributed by atoms with Crippen LogP contribution in [-0.4, -0.2) is 33.5 Å². The average Bonchev–Trinajstić information content (AvgIpc) is 2.91. The lowest BCUT2D eigenvalue weighted by molar-refractivity contribution is -0.239. The molecule has 1 amide bonds. The van der Waals surface area contributed by atoms with Crippen molar-refractivity contribution in [3.8, 4) is 0 Å². The smallest absolute Gasteiger partial charge is 0.368 e. The number of Topliss-reactive ketones (excluding diaryl/α,β-unsaturated/α-hetero) is 1. The van der Waals surface area contributed by atoms with E-state index in [1.165, 1.54) is 0 Å². The lowest BCUT2D eigenvalue weighted by atomic mass is 9.73. The van der Waals surface area contributed by atoms with Crippen molar-refractivity contribution in [1.29, 1.82) is 0 Å². The Bertz CT molecular complexity index is 1020. The van der Waals surface area contributed by atoms with Crippen LogP contribution in [0.2, 0.25) is 0 Å². The molecule has 0 fully saturated rings. The van der Waals surface area contributed by atoms with Crippen LogP contribution in [0.5, 0.6) is 0 Å². The Balaban J connectivity index is 1.99. The number of alkyl halides is 3. The molecule has 31 heavy (non-hydrogen) atoms. The van der Waals surface area contributed by atoms with Gasteiger partial charge in [0.25, 0.3) is 11.5 Å². The minimum atomic E-state index is -5.32. The van der Waals surface area contributed by atoms with Crippen molar-refractivity contribution in [3.63, 3.8) is 0 Å². The van der Waals surface area contributed by atoms with Crippen molar-refractivity contribution in [2.24, 2.45) is 5.41 Å². The number of allylic oxidation sites excluding steroid dienone is 1. The molecular formula is C24H22F3NO3. The summed E-state index contributed by atoms with van der Waals surface area (Å²) in [6, 6.07) is 16.4. The van der Waals surface area contributed by atoms with Gasteiger partial charge in [-0.3, -0.25) is 9.59 Å². The summed E-state index contributed by atoms with van der Waals surface area (Å²) in [7, 11) is 0. The third-order valence-corrected chi connectivity index (χ3v) is 5.93. The molecule has 1 heterocycles. The van der Waals surface area contributed by atoms with Crippen molar-refractivity contribution in [2.75, 3.05) is 0 Å². The van der Waals surface area contributed by atoms with Gasteiger partial charge >= 0.3 is 6.18 Å². The maximum Gasteiger partial charge on any atom is 0.430 e. The molecule has 2 aliphatic rings. The molecule has 2 aromatic carbocycles. The first-order valence-electron chi connectivity index (χ1n) is 9.97. The number of halogens is 3. The van der Waals surface area contributed by atoms with E-state index in [1.54, 1.807) is 74.5 Å². The van der Waals surface area contributed by atoms with Crippen molar-refractivity contribution in [3.05, 3.63) is 83.1 Å². The highest BCUT2D eigenvalue weighted by atomic mass is 19.4. The molecule has 0 saturated heterocycles. The lowest BCUT2D eigenvalue weighted by Crippen LogP contribution is -2.55. The summed E-state index contributed by atoms with van der Waals surface area (Å²) in [5.41, 5.74) is -4.22. The fraction of sp³-hybridized carbons (Fsp3) is 0.333. The molecule has 0 saturated carbocycles. The predicted molar refractivity (Wildman–Crippen MR) is 108 cm³/mol. The number of carbonyl (C=O) groups excluding carboxylic acids is 2. The topological polar surface area (TPSA) is 57.6 Å². The van der Waals surface area contributed by atoms with E-state index in [2.05, 4.69) is 0 Å². The Labute approximate surface area is 178 Å². The van der Waals surface area contributed by atoms with Crippen LogP contribution in [-0.2, 0) is 9.59 Å². The predicted octanol–water partition coefficient (Wildman–Crippen LogP) is 4.55. The summed E-state index contributed by atoms with van der Waals surface area (Å²) >= 11 is 0. The number of carbonyl (C=O) groups is 2. The number of rotatable bonds is 3. The summed E-state index contributed by atoms with van der Waals surface area (Å²) in [6.45, 7) is 3.53. The maximum atomic E-state index is 14.1. The second-order valence-electron chi connectivity index (χ2n) is 8.87. The molecule has 0 spiro atoms. The Hall–Kier alpha value is -2.93. The van der Waals surface area contributed by atoms with Gasteiger partial charge in [0.2, 0.25) is 0 Å². The Morgan fingerprint density at radius 3 is 1.84 bits per heavy atom. The van der Waals surface area contributed by atoms with Crippen molar-refractivity contribution >= 4 is 11.7 Å². The summed E-state index contributed by atoms with van der Waals surface area (Å²) < 4.78 is 42.3. The summed E-state index contributed by atoms with van der Waals surface area (Å²) in [5.74, 6) is -2.38. The minimum Gasteiger partial charge on any atom is -0.368 e. The first-order valence-corrected chi connectivity index (χ1v) is 9.97. The van der Waals surface area contributed by atoms with Gasteiger partial charge in [0.15, 0.2) is 5.78 Å². The molecule has 0 radical (unpaired) electrons. The maximum absolute atomic E-state index is 14.1. The highest BCUT2D eigenvalue weighted by Crippen LogP contribution is 2.54. The van der Waals surface area contributed by atoms with Crippen molar-refractivity contribution in [1.82, 2.24) is 4.90 Å². The number of ketones is 1. The van der Waals surface area contributed by atoms with Gasteiger partial charge in [-0.05, 0) is 23.0 Å². The molecule has 2 aromatic rings. The van der Waals surface area contributed by atoms with Crippen LogP contribution in [0.3, 0.4) is 0 Å². The number of amides is 1. The quantitative estimate of drug-likeness (QED) is 0.779. The minimum absolute atomic E-state index is 0.0521. The first-order chi connectivity index (χ1) is 14.5. The molecule has 0 bridgehead atoms. The Morgan fingerprint density at radius 2 is 1.39 bits per heavy atom. The van der Waals surface area contributed by atoms with Crippen LogP contribution in [0, 0.1) is 5.41 Å². The van der Waals surface area contributed by atoms with Crippen LogP contribution in [0.1, 0.15) is 43.9 Å². The third kappa shape index (κ3) is 3.28. The molecule has 162 valence electrons. The van der Waals surface area contributed by atoms with Gasteiger partial charge in [0, 0.05) is 12.1 Å². The fourth-order valence-corrected chi connectivity index (χ4v) is 4.61. The van der Waals surface area contributed by atoms with Crippen LogP contribution in [0.25, 0.3) is 0 Å². The molecule has 1 atom stereocenters. The Morgan fingerprint density at radius 1 is 0.903 bits per heavy atom. The zero-order valence-corrected chi connectivity index (χ0v) is 17.1. The molecule has 1 aliphatic carbocycles. The normalized spacial score (nSPS) is 23.5. The van der Waals surface area contributed by atoms with Crippen LogP contribution in [0.15, 0.2) is 71.9 Å². The SMILES string of the molecule is CC1(C)CC(=O)C2=C(C1)N(C(c1ccccc1)c1ccccc1)C(=O)C2(O)C(F)(F)F. The van der Waals surface area contributed by atoms with E-state index in [0.717, 1.165) is 4.90 Å². The molecule has 1 unspecified atom stereocenters. The number of hydrogen-bond donors (Lipinski definition) is 1. The highest BCUT2D eigenvalue weighted by Gasteiger charge is 2.71. The number of nitrogens with zero attached hydrogens (tertiary/aromatic N) is 1. The van der Waals surface area contributed by atoms with E-state index in [4.69, 9.17) is 0 Å². The van der Waals surface area contributed by atoms with Gasteiger partial charge in [-0.1, -0.05) is 74.5 Å². The van der Waals surface area contributed by atoms with Gasteiger partial charge < -0.3 is 10.0 Å².